The van der Waals surface area contributed by atoms with Gasteiger partial charge >= 0.3 is 0 Å². The number of benzene rings is 8. The summed E-state index contributed by atoms with van der Waals surface area (Å²) in [5.41, 5.74) is 43.1. The molecule has 4 aliphatic carbocycles. The van der Waals surface area contributed by atoms with E-state index in [1.165, 1.54) is 22.3 Å². The second-order valence-electron chi connectivity index (χ2n) is 31.2. The van der Waals surface area contributed by atoms with Crippen molar-refractivity contribution in [2.24, 2.45) is 22.9 Å². The Labute approximate surface area is 722 Å². The number of nitrogens with zero attached hydrogens (tertiary/aromatic N) is 4. The molecule has 8 aromatic carbocycles. The maximum absolute atomic E-state index is 12.8. The van der Waals surface area contributed by atoms with E-state index in [0.29, 0.717) is 71.2 Å². The van der Waals surface area contributed by atoms with Crippen LogP contribution in [-0.2, 0) is 44.9 Å². The fraction of sp³-hybridized carbons (Fsp3) is 0.240. The molecule has 16 N–H and O–H groups in total. The van der Waals surface area contributed by atoms with Gasteiger partial charge in [0, 0.05) is 145 Å². The van der Waals surface area contributed by atoms with Gasteiger partial charge in [-0.05, 0) is 241 Å². The number of aromatic nitrogens is 4. The summed E-state index contributed by atoms with van der Waals surface area (Å²) in [6.07, 6.45) is 24.6. The predicted octanol–water partition coefficient (Wildman–Crippen LogP) is 14.3. The second kappa shape index (κ2) is 44.0. The van der Waals surface area contributed by atoms with E-state index in [-0.39, 0.29) is 95.1 Å². The van der Waals surface area contributed by atoms with E-state index in [9.17, 15) is 38.4 Å². The molecule has 4 aliphatic rings. The first-order valence-electron chi connectivity index (χ1n) is 42.2. The number of hydrogen-bond donors (Lipinski definition) is 12. The number of rotatable bonds is 24. The van der Waals surface area contributed by atoms with Gasteiger partial charge < -0.3 is 65.5 Å². The van der Waals surface area contributed by atoms with Crippen LogP contribution in [0.2, 0.25) is 0 Å². The summed E-state index contributed by atoms with van der Waals surface area (Å²) < 4.78 is 0. The standard InChI is InChI=1S/4C25H26N4O2/c4*26-23(16-28-25(31)22-7-3-5-17-4-1-2-6-21(17)22)18-8-10-19(11-9-18)24(30)29-20-12-14-27-15-13-20/h4*1-2,4,6,8-15,22-23H,3,5,7,16,26H2,(H,28,31)(H,27,29,30)/t2*22-,23+;2*22-,23-/m1010/s1. The maximum Gasteiger partial charge on any atom is 0.255 e. The molecule has 0 saturated carbocycles. The first kappa shape index (κ1) is 87.8. The summed E-state index contributed by atoms with van der Waals surface area (Å²) >= 11 is 0. The van der Waals surface area contributed by atoms with Crippen molar-refractivity contribution >= 4 is 70.0 Å². The van der Waals surface area contributed by atoms with Crippen LogP contribution in [0, 0.1) is 0 Å². The lowest BCUT2D eigenvalue weighted by molar-refractivity contribution is -0.123. The van der Waals surface area contributed by atoms with Crippen LogP contribution < -0.4 is 65.5 Å². The minimum absolute atomic E-state index is 0.0240. The van der Waals surface area contributed by atoms with Gasteiger partial charge in [0.05, 0.1) is 23.7 Å². The smallest absolute Gasteiger partial charge is 0.255 e. The van der Waals surface area contributed by atoms with Crippen molar-refractivity contribution in [3.8, 4) is 0 Å². The van der Waals surface area contributed by atoms with Gasteiger partial charge in [0.25, 0.3) is 23.6 Å². The van der Waals surface area contributed by atoms with Crippen LogP contribution in [0.3, 0.4) is 0 Å². The molecular formula is C100H104N16O8. The molecule has 24 heteroatoms. The third-order valence-corrected chi connectivity index (χ3v) is 22.9. The van der Waals surface area contributed by atoms with Crippen LogP contribution in [0.4, 0.5) is 22.7 Å². The highest BCUT2D eigenvalue weighted by atomic mass is 16.2. The quantitative estimate of drug-likeness (QED) is 0.0267. The largest absolute Gasteiger partial charge is 0.354 e. The monoisotopic (exact) mass is 1660 g/mol. The Hall–Kier alpha value is -14.0. The fourth-order valence-corrected chi connectivity index (χ4v) is 16.0. The van der Waals surface area contributed by atoms with E-state index < -0.39 is 0 Å². The van der Waals surface area contributed by atoms with Gasteiger partial charge in [0.2, 0.25) is 23.6 Å². The maximum atomic E-state index is 12.8. The first-order chi connectivity index (χ1) is 60.5. The number of carbonyl (C=O) groups is 8. The van der Waals surface area contributed by atoms with Gasteiger partial charge in [-0.1, -0.05) is 146 Å². The van der Waals surface area contributed by atoms with Crippen molar-refractivity contribution in [2.75, 3.05) is 47.4 Å². The highest BCUT2D eigenvalue weighted by Gasteiger charge is 2.31. The van der Waals surface area contributed by atoms with Crippen LogP contribution >= 0.6 is 0 Å². The molecule has 8 atom stereocenters. The van der Waals surface area contributed by atoms with Gasteiger partial charge in [0.1, 0.15) is 0 Å². The summed E-state index contributed by atoms with van der Waals surface area (Å²) in [4.78, 5) is 116. The van der Waals surface area contributed by atoms with Crippen LogP contribution in [0.25, 0.3) is 0 Å². The number of anilines is 4. The Morgan fingerprint density at radius 3 is 0.637 bits per heavy atom. The van der Waals surface area contributed by atoms with Crippen molar-refractivity contribution in [3.05, 3.63) is 381 Å². The summed E-state index contributed by atoms with van der Waals surface area (Å²) in [5.74, 6) is -1.16. The lowest BCUT2D eigenvalue weighted by Crippen LogP contribution is -2.36. The molecule has 4 aromatic heterocycles. The van der Waals surface area contributed by atoms with Crippen LogP contribution in [0.1, 0.15) is 207 Å². The molecule has 8 amide bonds. The van der Waals surface area contributed by atoms with Crippen molar-refractivity contribution < 1.29 is 38.4 Å². The molecule has 4 heterocycles. The number of pyridine rings is 4. The van der Waals surface area contributed by atoms with Gasteiger partial charge in [-0.15, -0.1) is 0 Å². The third kappa shape index (κ3) is 24.2. The van der Waals surface area contributed by atoms with E-state index >= 15 is 0 Å². The lowest BCUT2D eigenvalue weighted by atomic mass is 9.82. The molecule has 16 rings (SSSR count). The van der Waals surface area contributed by atoms with Crippen molar-refractivity contribution in [2.45, 2.75) is 125 Å². The molecule has 0 aliphatic heterocycles. The van der Waals surface area contributed by atoms with Gasteiger partial charge in [-0.3, -0.25) is 58.3 Å². The highest BCUT2D eigenvalue weighted by Crippen LogP contribution is 2.36. The molecule has 632 valence electrons. The van der Waals surface area contributed by atoms with Crippen LogP contribution in [-0.4, -0.2) is 93.4 Å². The lowest BCUT2D eigenvalue weighted by Gasteiger charge is -2.25. The fourth-order valence-electron chi connectivity index (χ4n) is 16.0. The number of aryl methyl sites for hydroxylation is 4. The van der Waals surface area contributed by atoms with Crippen molar-refractivity contribution in [3.63, 3.8) is 0 Å². The van der Waals surface area contributed by atoms with Crippen LogP contribution in [0.15, 0.2) is 292 Å². The SMILES string of the molecule is N[C@@H](CNC(=O)[C@@H]1CCCc2ccccc21)c1ccc(C(=O)Nc2ccncc2)cc1.N[C@@H](CNC(=O)[C@H]1CCCc2ccccc21)c1ccc(C(=O)Nc2ccncc2)cc1.N[C@H](CNC(=O)[C@@H]1CCCc2ccccc21)c1ccc(C(=O)Nc2ccncc2)cc1.N[C@H](CNC(=O)[C@H]1CCCc2ccccc21)c1ccc(C(=O)Nc2ccncc2)cc1. The van der Waals surface area contributed by atoms with E-state index in [1.807, 2.05) is 121 Å². The molecule has 0 fully saturated rings. The minimum Gasteiger partial charge on any atom is -0.354 e. The zero-order chi connectivity index (χ0) is 86.5. The molecule has 124 heavy (non-hydrogen) atoms. The normalized spacial score (nSPS) is 16.1. The average Bonchev–Trinajstić information content (AvgIpc) is 0.824. The third-order valence-electron chi connectivity index (χ3n) is 22.9. The Kier molecular flexibility index (Phi) is 31.1. The van der Waals surface area contributed by atoms with E-state index in [2.05, 4.69) is 86.7 Å². The summed E-state index contributed by atoms with van der Waals surface area (Å²) in [6, 6.07) is 73.7. The molecule has 0 spiro atoms. The highest BCUT2D eigenvalue weighted by molar-refractivity contribution is 6.06. The summed E-state index contributed by atoms with van der Waals surface area (Å²) in [7, 11) is 0. The Bertz CT molecular complexity index is 4890. The molecule has 0 unspecified atom stereocenters. The minimum atomic E-state index is -0.347. The Morgan fingerprint density at radius 2 is 0.444 bits per heavy atom. The van der Waals surface area contributed by atoms with Gasteiger partial charge in [-0.25, -0.2) is 0 Å². The Balaban J connectivity index is 0.000000142. The summed E-state index contributed by atoms with van der Waals surface area (Å²) in [6.45, 7) is 1.39. The van der Waals surface area contributed by atoms with E-state index in [0.717, 1.165) is 122 Å². The van der Waals surface area contributed by atoms with Crippen molar-refractivity contribution in [1.29, 1.82) is 0 Å². The Morgan fingerprint density at radius 1 is 0.258 bits per heavy atom. The van der Waals surface area contributed by atoms with Crippen LogP contribution in [0.5, 0.6) is 0 Å². The average molecular weight is 1660 g/mol. The van der Waals surface area contributed by atoms with E-state index in [4.69, 9.17) is 22.9 Å². The van der Waals surface area contributed by atoms with Gasteiger partial charge in [0.15, 0.2) is 0 Å². The topological polar surface area (TPSA) is 388 Å². The number of fused-ring (bicyclic) bond motifs is 4. The second-order valence-corrected chi connectivity index (χ2v) is 31.2. The number of hydrogen-bond acceptors (Lipinski definition) is 16. The first-order valence-corrected chi connectivity index (χ1v) is 42.2. The van der Waals surface area contributed by atoms with Crippen molar-refractivity contribution in [1.82, 2.24) is 41.2 Å². The molecule has 12 aromatic rings. The van der Waals surface area contributed by atoms with E-state index in [1.54, 1.807) is 147 Å². The molecule has 0 bridgehead atoms. The molecule has 24 nitrogen and oxygen atoms in total. The zero-order valence-electron chi connectivity index (χ0n) is 69.0. The number of carbonyl (C=O) groups excluding carboxylic acids is 8. The number of nitrogens with one attached hydrogen (secondary N) is 8. The summed E-state index contributed by atoms with van der Waals surface area (Å²) in [5, 5.41) is 23.3. The zero-order valence-corrected chi connectivity index (χ0v) is 69.0. The predicted molar refractivity (Wildman–Crippen MR) is 483 cm³/mol. The van der Waals surface area contributed by atoms with Gasteiger partial charge in [-0.2, -0.15) is 0 Å². The molecule has 0 radical (unpaired) electrons. The molecular weight excluding hydrogens is 1550 g/mol. The molecule has 0 saturated heterocycles. The number of nitrogens with two attached hydrogens (primary N) is 4. The number of amides is 8.